The second kappa shape index (κ2) is 15.6. The van der Waals surface area contributed by atoms with Gasteiger partial charge in [0, 0.05) is 23.8 Å². The van der Waals surface area contributed by atoms with Crippen LogP contribution < -0.4 is 4.72 Å². The number of sulfonamides is 1. The predicted octanol–water partition coefficient (Wildman–Crippen LogP) is 6.07. The SMILES string of the molecule is O=S(=O)(NCc1ccc(C2OC(CSc3nnnn3-c3ccc(O)cc3)C(c3ccccc3)C(c3ccc(CO)cc3)O2)cc1)c1ccccc1. The van der Waals surface area contributed by atoms with Gasteiger partial charge < -0.3 is 19.7 Å². The second-order valence-electron chi connectivity index (χ2n) is 12.0. The van der Waals surface area contributed by atoms with Crippen LogP contribution in [0.15, 0.2) is 144 Å². The molecule has 1 aliphatic heterocycles. The summed E-state index contributed by atoms with van der Waals surface area (Å²) in [5.41, 5.74) is 5.03. The molecule has 0 spiro atoms. The molecule has 7 rings (SSSR count). The summed E-state index contributed by atoms with van der Waals surface area (Å²) in [6.07, 6.45) is -1.54. The molecule has 3 N–H and O–H groups in total. The lowest BCUT2D eigenvalue weighted by atomic mass is 9.84. The molecule has 11 nitrogen and oxygen atoms in total. The van der Waals surface area contributed by atoms with Gasteiger partial charge in [-0.05, 0) is 69.1 Å². The van der Waals surface area contributed by atoms with E-state index in [-0.39, 0.29) is 35.8 Å². The Morgan fingerprint density at radius 1 is 0.745 bits per heavy atom. The van der Waals surface area contributed by atoms with Crippen LogP contribution in [-0.2, 0) is 32.6 Å². The number of nitrogens with one attached hydrogen (secondary N) is 1. The number of ether oxygens (including phenoxy) is 2. The number of hydrogen-bond donors (Lipinski definition) is 3. The van der Waals surface area contributed by atoms with Gasteiger partial charge in [0.25, 0.3) is 0 Å². The Labute approximate surface area is 299 Å². The van der Waals surface area contributed by atoms with E-state index in [1.54, 1.807) is 59.3 Å². The maximum atomic E-state index is 12.8. The van der Waals surface area contributed by atoms with Crippen LogP contribution in [0, 0.1) is 0 Å². The van der Waals surface area contributed by atoms with E-state index in [2.05, 4.69) is 32.4 Å². The highest BCUT2D eigenvalue weighted by atomic mass is 32.2. The highest BCUT2D eigenvalue weighted by Crippen LogP contribution is 2.48. The van der Waals surface area contributed by atoms with Gasteiger partial charge in [0.1, 0.15) is 5.75 Å². The van der Waals surface area contributed by atoms with E-state index in [9.17, 15) is 18.6 Å². The van der Waals surface area contributed by atoms with Crippen molar-refractivity contribution < 1.29 is 28.1 Å². The van der Waals surface area contributed by atoms with Crippen molar-refractivity contribution in [3.05, 3.63) is 161 Å². The predicted molar refractivity (Wildman–Crippen MR) is 191 cm³/mol. The average Bonchev–Trinajstić information content (AvgIpc) is 3.66. The Morgan fingerprint density at radius 2 is 1.39 bits per heavy atom. The quantitative estimate of drug-likeness (QED) is 0.127. The van der Waals surface area contributed by atoms with Crippen LogP contribution in [0.5, 0.6) is 5.75 Å². The number of tetrazole rings is 1. The minimum Gasteiger partial charge on any atom is -0.508 e. The molecular formula is C38H35N5O6S2. The summed E-state index contributed by atoms with van der Waals surface area (Å²) in [7, 11) is -3.66. The summed E-state index contributed by atoms with van der Waals surface area (Å²) < 4.78 is 43.5. The zero-order chi connectivity index (χ0) is 35.2. The highest BCUT2D eigenvalue weighted by molar-refractivity contribution is 7.99. The monoisotopic (exact) mass is 721 g/mol. The molecular weight excluding hydrogens is 687 g/mol. The summed E-state index contributed by atoms with van der Waals surface area (Å²) in [5, 5.41) is 32.4. The number of nitrogens with zero attached hydrogens (tertiary/aromatic N) is 4. The van der Waals surface area contributed by atoms with Gasteiger partial charge in [-0.2, -0.15) is 4.68 Å². The lowest BCUT2D eigenvalue weighted by Gasteiger charge is -2.43. The molecule has 5 aromatic carbocycles. The first-order valence-electron chi connectivity index (χ1n) is 16.3. The third kappa shape index (κ3) is 8.04. The molecule has 0 aliphatic carbocycles. The van der Waals surface area contributed by atoms with Crippen molar-refractivity contribution in [1.29, 1.82) is 0 Å². The zero-order valence-corrected chi connectivity index (χ0v) is 28.9. The van der Waals surface area contributed by atoms with Crippen LogP contribution in [0.4, 0.5) is 0 Å². The van der Waals surface area contributed by atoms with Crippen LogP contribution in [0.3, 0.4) is 0 Å². The van der Waals surface area contributed by atoms with Gasteiger partial charge in [0.05, 0.1) is 29.4 Å². The first-order chi connectivity index (χ1) is 24.9. The summed E-state index contributed by atoms with van der Waals surface area (Å²) in [5.74, 6) is 0.398. The number of aromatic nitrogens is 4. The smallest absolute Gasteiger partial charge is 0.240 e. The lowest BCUT2D eigenvalue weighted by Crippen LogP contribution is -2.38. The Kier molecular flexibility index (Phi) is 10.5. The fourth-order valence-corrected chi connectivity index (χ4v) is 7.98. The summed E-state index contributed by atoms with van der Waals surface area (Å²) in [6.45, 7) is 0.0529. The van der Waals surface area contributed by atoms with Crippen molar-refractivity contribution in [3.63, 3.8) is 0 Å². The standard InChI is InChI=1S/C38H35N5O6S2/c44-24-27-13-15-29(16-14-27)36-35(28-7-3-1-4-8-28)34(25-50-38-40-41-42-43(38)31-19-21-32(45)22-20-31)48-37(49-36)30-17-11-26(12-18-30)23-39-51(46,47)33-9-5-2-6-10-33/h1-22,34-37,39,44-45H,23-25H2. The number of benzene rings is 5. The Hall–Kier alpha value is -4.89. The van der Waals surface area contributed by atoms with Gasteiger partial charge in [-0.15, -0.1) is 5.10 Å². The summed E-state index contributed by atoms with van der Waals surface area (Å²) in [4.78, 5) is 0.206. The Balaban J connectivity index is 1.18. The molecule has 1 fully saturated rings. The van der Waals surface area contributed by atoms with Crippen LogP contribution in [0.25, 0.3) is 5.69 Å². The average molecular weight is 722 g/mol. The molecule has 6 aromatic rings. The molecule has 260 valence electrons. The number of phenols is 1. The maximum Gasteiger partial charge on any atom is 0.240 e. The molecule has 13 heteroatoms. The van der Waals surface area contributed by atoms with Gasteiger partial charge in [0.2, 0.25) is 15.2 Å². The fraction of sp³-hybridized carbons (Fsp3) is 0.184. The third-order valence-electron chi connectivity index (χ3n) is 8.65. The fourth-order valence-electron chi connectivity index (χ4n) is 5.99. The molecule has 4 atom stereocenters. The molecule has 0 saturated carbocycles. The maximum absolute atomic E-state index is 12.8. The van der Waals surface area contributed by atoms with Crippen molar-refractivity contribution in [3.8, 4) is 11.4 Å². The number of aromatic hydroxyl groups is 1. The van der Waals surface area contributed by atoms with Crippen LogP contribution >= 0.6 is 11.8 Å². The minimum atomic E-state index is -3.66. The van der Waals surface area contributed by atoms with Gasteiger partial charge in [-0.1, -0.05) is 109 Å². The summed E-state index contributed by atoms with van der Waals surface area (Å²) in [6, 6.07) is 40.2. The van der Waals surface area contributed by atoms with E-state index in [4.69, 9.17) is 9.47 Å². The molecule has 0 amide bonds. The van der Waals surface area contributed by atoms with E-state index >= 15 is 0 Å². The van der Waals surface area contributed by atoms with Crippen molar-refractivity contribution in [1.82, 2.24) is 24.9 Å². The van der Waals surface area contributed by atoms with Crippen molar-refractivity contribution in [2.24, 2.45) is 0 Å². The lowest BCUT2D eigenvalue weighted by molar-refractivity contribution is -0.255. The first kappa shape index (κ1) is 34.6. The van der Waals surface area contributed by atoms with E-state index in [1.807, 2.05) is 66.7 Å². The number of hydrogen-bond acceptors (Lipinski definition) is 10. The molecule has 1 saturated heterocycles. The third-order valence-corrected chi connectivity index (χ3v) is 11.1. The normalized spacial score (nSPS) is 19.2. The molecule has 0 radical (unpaired) electrons. The van der Waals surface area contributed by atoms with E-state index in [0.29, 0.717) is 16.6 Å². The molecule has 4 unspecified atom stereocenters. The Bertz CT molecular complexity index is 2130. The molecule has 1 aliphatic rings. The number of aliphatic hydroxyl groups is 1. The van der Waals surface area contributed by atoms with E-state index < -0.39 is 22.4 Å². The van der Waals surface area contributed by atoms with Gasteiger partial charge in [-0.3, -0.25) is 0 Å². The number of phenolic OH excluding ortho intramolecular Hbond substituents is 1. The minimum absolute atomic E-state index is 0.0669. The van der Waals surface area contributed by atoms with E-state index in [1.165, 1.54) is 11.8 Å². The molecule has 51 heavy (non-hydrogen) atoms. The number of aliphatic hydroxyl groups excluding tert-OH is 1. The largest absolute Gasteiger partial charge is 0.508 e. The van der Waals surface area contributed by atoms with Gasteiger partial charge in [0.15, 0.2) is 6.29 Å². The molecule has 1 aromatic heterocycles. The summed E-state index contributed by atoms with van der Waals surface area (Å²) >= 11 is 1.45. The van der Waals surface area contributed by atoms with Crippen LogP contribution in [0.1, 0.15) is 46.1 Å². The first-order valence-corrected chi connectivity index (χ1v) is 18.7. The van der Waals surface area contributed by atoms with Crippen LogP contribution in [0.2, 0.25) is 0 Å². The number of rotatable bonds is 12. The van der Waals surface area contributed by atoms with Crippen molar-refractivity contribution in [2.75, 3.05) is 5.75 Å². The topological polar surface area (TPSA) is 149 Å². The van der Waals surface area contributed by atoms with Crippen molar-refractivity contribution in [2.45, 2.75) is 47.6 Å². The van der Waals surface area contributed by atoms with Crippen molar-refractivity contribution >= 4 is 21.8 Å². The van der Waals surface area contributed by atoms with Gasteiger partial charge in [-0.25, -0.2) is 13.1 Å². The highest BCUT2D eigenvalue weighted by Gasteiger charge is 2.42. The molecule has 0 bridgehead atoms. The second-order valence-corrected chi connectivity index (χ2v) is 14.7. The Morgan fingerprint density at radius 3 is 2.08 bits per heavy atom. The number of thioether (sulfide) groups is 1. The van der Waals surface area contributed by atoms with Gasteiger partial charge >= 0.3 is 0 Å². The van der Waals surface area contributed by atoms with Crippen LogP contribution in [-0.4, -0.2) is 50.7 Å². The molecule has 2 heterocycles. The zero-order valence-electron chi connectivity index (χ0n) is 27.3. The van der Waals surface area contributed by atoms with E-state index in [0.717, 1.165) is 27.8 Å².